The second-order valence-electron chi connectivity index (χ2n) is 6.11. The summed E-state index contributed by atoms with van der Waals surface area (Å²) in [6, 6.07) is 15.5. The minimum atomic E-state index is -0.0735. The highest BCUT2D eigenvalue weighted by Gasteiger charge is 2.14. The van der Waals surface area contributed by atoms with Gasteiger partial charge in [0.1, 0.15) is 0 Å². The number of para-hydroxylation sites is 2. The van der Waals surface area contributed by atoms with Gasteiger partial charge in [0.05, 0.1) is 32.5 Å². The molecule has 3 aromatic rings. The maximum Gasteiger partial charge on any atom is 0.224 e. The number of carbonyl (C=O) groups is 1. The number of rotatable bonds is 7. The molecule has 0 unspecified atom stereocenters. The summed E-state index contributed by atoms with van der Waals surface area (Å²) in [5.74, 6) is 1.20. The zero-order valence-electron chi connectivity index (χ0n) is 15.7. The third-order valence-electron chi connectivity index (χ3n) is 4.42. The lowest BCUT2D eigenvalue weighted by molar-refractivity contribution is -0.120. The Morgan fingerprint density at radius 3 is 2.52 bits per heavy atom. The third kappa shape index (κ3) is 4.11. The number of amides is 1. The molecule has 0 aliphatic carbocycles. The van der Waals surface area contributed by atoms with Gasteiger partial charge in [0.2, 0.25) is 5.91 Å². The number of benzene rings is 2. The van der Waals surface area contributed by atoms with E-state index in [0.29, 0.717) is 18.0 Å². The average molecular weight is 365 g/mol. The van der Waals surface area contributed by atoms with E-state index in [2.05, 4.69) is 10.4 Å². The van der Waals surface area contributed by atoms with E-state index in [-0.39, 0.29) is 12.3 Å². The number of nitrogens with zero attached hydrogens (tertiary/aromatic N) is 2. The van der Waals surface area contributed by atoms with Crippen LogP contribution in [-0.2, 0) is 17.8 Å². The lowest BCUT2D eigenvalue weighted by atomic mass is 10.1. The monoisotopic (exact) mass is 365 g/mol. The normalized spacial score (nSPS) is 10.5. The topological polar surface area (TPSA) is 65.4 Å². The second-order valence-corrected chi connectivity index (χ2v) is 6.11. The number of aromatic nitrogens is 2. The van der Waals surface area contributed by atoms with E-state index in [9.17, 15) is 4.79 Å². The Hall–Kier alpha value is -3.28. The first-order chi connectivity index (χ1) is 13.1. The molecule has 27 heavy (non-hydrogen) atoms. The summed E-state index contributed by atoms with van der Waals surface area (Å²) in [6.07, 6.45) is 2.01. The van der Waals surface area contributed by atoms with Crippen LogP contribution in [0.5, 0.6) is 11.5 Å². The van der Waals surface area contributed by atoms with Crippen LogP contribution < -0.4 is 14.8 Å². The molecular formula is C21H23N3O3. The minimum absolute atomic E-state index is 0.0735. The van der Waals surface area contributed by atoms with Gasteiger partial charge < -0.3 is 14.8 Å². The van der Waals surface area contributed by atoms with Crippen LogP contribution >= 0.6 is 0 Å². The van der Waals surface area contributed by atoms with Gasteiger partial charge in [0, 0.05) is 23.4 Å². The molecule has 0 radical (unpaired) electrons. The summed E-state index contributed by atoms with van der Waals surface area (Å²) in [4.78, 5) is 12.4. The zero-order chi connectivity index (χ0) is 19.2. The predicted octanol–water partition coefficient (Wildman–Crippen LogP) is 3.06. The molecule has 3 rings (SSSR count). The van der Waals surface area contributed by atoms with Gasteiger partial charge in [0.15, 0.2) is 11.5 Å². The van der Waals surface area contributed by atoms with Crippen LogP contribution in [0.15, 0.2) is 54.7 Å². The van der Waals surface area contributed by atoms with E-state index >= 15 is 0 Å². The molecule has 0 saturated carbocycles. The fraction of sp³-hybridized carbons (Fsp3) is 0.238. The second kappa shape index (κ2) is 8.40. The van der Waals surface area contributed by atoms with Crippen molar-refractivity contribution in [2.45, 2.75) is 19.9 Å². The summed E-state index contributed by atoms with van der Waals surface area (Å²) < 4.78 is 12.5. The molecule has 1 N–H and O–H groups in total. The molecule has 0 spiro atoms. The molecule has 140 valence electrons. The van der Waals surface area contributed by atoms with Crippen LogP contribution in [0.4, 0.5) is 0 Å². The fourth-order valence-electron chi connectivity index (χ4n) is 2.97. The molecule has 1 heterocycles. The quantitative estimate of drug-likeness (QED) is 0.699. The van der Waals surface area contributed by atoms with Gasteiger partial charge in [-0.25, -0.2) is 4.68 Å². The van der Waals surface area contributed by atoms with Crippen LogP contribution in [-0.4, -0.2) is 29.9 Å². The van der Waals surface area contributed by atoms with Crippen molar-refractivity contribution in [3.8, 4) is 17.2 Å². The van der Waals surface area contributed by atoms with Gasteiger partial charge in [-0.1, -0.05) is 30.3 Å². The van der Waals surface area contributed by atoms with Crippen molar-refractivity contribution < 1.29 is 14.3 Å². The third-order valence-corrected chi connectivity index (χ3v) is 4.42. The Labute approximate surface area is 158 Å². The number of hydrogen-bond acceptors (Lipinski definition) is 4. The van der Waals surface area contributed by atoms with Crippen LogP contribution in [0, 0.1) is 6.92 Å². The van der Waals surface area contributed by atoms with Gasteiger partial charge in [0.25, 0.3) is 0 Å². The number of ether oxygens (including phenoxy) is 2. The van der Waals surface area contributed by atoms with Crippen LogP contribution in [0.3, 0.4) is 0 Å². The minimum Gasteiger partial charge on any atom is -0.493 e. The molecule has 1 aromatic heterocycles. The number of carbonyl (C=O) groups excluding carboxylic acids is 1. The molecule has 0 saturated heterocycles. The average Bonchev–Trinajstić information content (AvgIpc) is 3.06. The van der Waals surface area contributed by atoms with Crippen molar-refractivity contribution in [2.24, 2.45) is 0 Å². The van der Waals surface area contributed by atoms with Gasteiger partial charge in [-0.15, -0.1) is 0 Å². The molecule has 0 fully saturated rings. The summed E-state index contributed by atoms with van der Waals surface area (Å²) in [5.41, 5.74) is 3.69. The van der Waals surface area contributed by atoms with Gasteiger partial charge in [-0.3, -0.25) is 4.79 Å². The van der Waals surface area contributed by atoms with Crippen molar-refractivity contribution in [3.63, 3.8) is 0 Å². The van der Waals surface area contributed by atoms with Crippen LogP contribution in [0.25, 0.3) is 5.69 Å². The Bertz CT molecular complexity index is 920. The standard InChI is InChI=1S/C21H23N3O3/c1-15-17(14-23-24(15)18-9-5-4-6-10-18)12-20(25)22-13-16-8-7-11-19(26-2)21(16)27-3/h4-11,14H,12-13H2,1-3H3,(H,22,25). The first-order valence-electron chi connectivity index (χ1n) is 8.69. The van der Waals surface area contributed by atoms with E-state index < -0.39 is 0 Å². The Morgan fingerprint density at radius 2 is 1.81 bits per heavy atom. The van der Waals surface area contributed by atoms with Crippen molar-refractivity contribution in [1.82, 2.24) is 15.1 Å². The smallest absolute Gasteiger partial charge is 0.224 e. The zero-order valence-corrected chi connectivity index (χ0v) is 15.7. The van der Waals surface area contributed by atoms with Crippen molar-refractivity contribution in [2.75, 3.05) is 14.2 Å². The lowest BCUT2D eigenvalue weighted by Gasteiger charge is -2.13. The molecule has 0 aliphatic rings. The molecule has 6 heteroatoms. The first-order valence-corrected chi connectivity index (χ1v) is 8.69. The molecule has 0 atom stereocenters. The highest BCUT2D eigenvalue weighted by atomic mass is 16.5. The summed E-state index contributed by atoms with van der Waals surface area (Å²) >= 11 is 0. The molecule has 6 nitrogen and oxygen atoms in total. The SMILES string of the molecule is COc1cccc(CNC(=O)Cc2cnn(-c3ccccc3)c2C)c1OC. The summed E-state index contributed by atoms with van der Waals surface area (Å²) in [6.45, 7) is 2.33. The van der Waals surface area contributed by atoms with E-state index in [4.69, 9.17) is 9.47 Å². The van der Waals surface area contributed by atoms with E-state index in [1.54, 1.807) is 20.4 Å². The van der Waals surface area contributed by atoms with Crippen molar-refractivity contribution in [3.05, 3.63) is 71.5 Å². The highest BCUT2D eigenvalue weighted by molar-refractivity contribution is 5.78. The van der Waals surface area contributed by atoms with E-state index in [1.165, 1.54) is 0 Å². The summed E-state index contributed by atoms with van der Waals surface area (Å²) in [5, 5.41) is 7.35. The lowest BCUT2D eigenvalue weighted by Crippen LogP contribution is -2.25. The largest absolute Gasteiger partial charge is 0.493 e. The van der Waals surface area contributed by atoms with Gasteiger partial charge in [-0.2, -0.15) is 5.10 Å². The van der Waals surface area contributed by atoms with Gasteiger partial charge in [-0.05, 0) is 25.1 Å². The molecule has 0 aliphatic heterocycles. The molecule has 1 amide bonds. The first kappa shape index (κ1) is 18.5. The Morgan fingerprint density at radius 1 is 1.04 bits per heavy atom. The van der Waals surface area contributed by atoms with Gasteiger partial charge >= 0.3 is 0 Å². The van der Waals surface area contributed by atoms with Crippen LogP contribution in [0.1, 0.15) is 16.8 Å². The maximum atomic E-state index is 12.4. The molecule has 2 aromatic carbocycles. The highest BCUT2D eigenvalue weighted by Crippen LogP contribution is 2.30. The number of nitrogens with one attached hydrogen (secondary N) is 1. The van der Waals surface area contributed by atoms with Crippen molar-refractivity contribution in [1.29, 1.82) is 0 Å². The van der Waals surface area contributed by atoms with E-state index in [0.717, 1.165) is 22.5 Å². The van der Waals surface area contributed by atoms with E-state index in [1.807, 2.05) is 60.1 Å². The van der Waals surface area contributed by atoms with Crippen molar-refractivity contribution >= 4 is 5.91 Å². The Balaban J connectivity index is 1.67. The number of hydrogen-bond donors (Lipinski definition) is 1. The Kier molecular flexibility index (Phi) is 5.76. The molecular weight excluding hydrogens is 342 g/mol. The maximum absolute atomic E-state index is 12.4. The number of methoxy groups -OCH3 is 2. The predicted molar refractivity (Wildman–Crippen MR) is 103 cm³/mol. The van der Waals surface area contributed by atoms with Crippen LogP contribution in [0.2, 0.25) is 0 Å². The molecule has 0 bridgehead atoms. The fourth-order valence-corrected chi connectivity index (χ4v) is 2.97. The summed E-state index contributed by atoms with van der Waals surface area (Å²) in [7, 11) is 3.18.